The number of fused-ring (bicyclic) bond motifs is 9. The normalized spacial score (nSPS) is 12.7. The molecule has 0 N–H and O–H groups in total. The number of rotatable bonds is 2. The molecule has 6 aromatic carbocycles. The lowest BCUT2D eigenvalue weighted by atomic mass is 9.92. The number of benzene rings is 6. The van der Waals surface area contributed by atoms with Crippen LogP contribution in [-0.2, 0) is 0 Å². The van der Waals surface area contributed by atoms with E-state index >= 15 is 0 Å². The molecule has 9 rings (SSSR count). The van der Waals surface area contributed by atoms with Gasteiger partial charge in [-0.2, -0.15) is 0 Å². The highest BCUT2D eigenvalue weighted by atomic mass is 16.5. The Balaban J connectivity index is 1.24. The van der Waals surface area contributed by atoms with Crippen molar-refractivity contribution in [2.45, 2.75) is 0 Å². The molecule has 3 heterocycles. The molecule has 0 spiro atoms. The molecule has 1 aliphatic heterocycles. The zero-order valence-electron chi connectivity index (χ0n) is 25.0. The predicted octanol–water partition coefficient (Wildman–Crippen LogP) is 11.5. The Bertz CT molecular complexity index is 2450. The summed E-state index contributed by atoms with van der Waals surface area (Å²) >= 11 is 0. The maximum Gasteiger partial charge on any atom is 0.145 e. The first-order valence-electron chi connectivity index (χ1n) is 15.5. The molecule has 0 bridgehead atoms. The summed E-state index contributed by atoms with van der Waals surface area (Å²) in [5, 5.41) is 2.32. The molecule has 3 nitrogen and oxygen atoms in total. The van der Waals surface area contributed by atoms with Crippen LogP contribution in [0.4, 0.5) is 0 Å². The Labute approximate surface area is 267 Å². The SMILES string of the molecule is C1=C\c2ccc(-c3ccc4c(c3)c3cccnc3n4-c3ccccc3)cc2-c2ccccc2Oc2ccccc2-c2ccccc2/1. The number of aromatic nitrogens is 2. The van der Waals surface area contributed by atoms with Gasteiger partial charge in [0.1, 0.15) is 17.1 Å². The van der Waals surface area contributed by atoms with Gasteiger partial charge in [-0.05, 0) is 88.0 Å². The molecule has 0 amide bonds. The highest BCUT2D eigenvalue weighted by Gasteiger charge is 2.18. The Morgan fingerprint density at radius 1 is 0.457 bits per heavy atom. The molecule has 46 heavy (non-hydrogen) atoms. The van der Waals surface area contributed by atoms with E-state index in [1.165, 1.54) is 5.39 Å². The lowest BCUT2D eigenvalue weighted by Gasteiger charge is -2.16. The van der Waals surface area contributed by atoms with Crippen LogP contribution >= 0.6 is 0 Å². The summed E-state index contributed by atoms with van der Waals surface area (Å²) in [6, 6.07) is 53.3. The van der Waals surface area contributed by atoms with E-state index in [2.05, 4.69) is 144 Å². The van der Waals surface area contributed by atoms with Crippen molar-refractivity contribution in [3.8, 4) is 50.6 Å². The number of hydrogen-bond donors (Lipinski definition) is 0. The fourth-order valence-corrected chi connectivity index (χ4v) is 6.72. The molecule has 8 aromatic rings. The van der Waals surface area contributed by atoms with Gasteiger partial charge in [0.15, 0.2) is 0 Å². The zero-order valence-corrected chi connectivity index (χ0v) is 25.0. The van der Waals surface area contributed by atoms with Crippen molar-refractivity contribution in [3.63, 3.8) is 0 Å². The number of nitrogens with zero attached hydrogens (tertiary/aromatic N) is 2. The highest BCUT2D eigenvalue weighted by Crippen LogP contribution is 2.43. The fraction of sp³-hybridized carbons (Fsp3) is 0. The molecule has 216 valence electrons. The lowest BCUT2D eigenvalue weighted by molar-refractivity contribution is 0.486. The molecular weight excluding hydrogens is 560 g/mol. The molecule has 1 aliphatic rings. The van der Waals surface area contributed by atoms with Crippen molar-refractivity contribution in [2.75, 3.05) is 0 Å². The van der Waals surface area contributed by atoms with Gasteiger partial charge in [0, 0.05) is 33.8 Å². The van der Waals surface area contributed by atoms with Crippen molar-refractivity contribution in [3.05, 3.63) is 169 Å². The van der Waals surface area contributed by atoms with Crippen molar-refractivity contribution in [2.24, 2.45) is 0 Å². The van der Waals surface area contributed by atoms with Gasteiger partial charge in [-0.25, -0.2) is 4.98 Å². The van der Waals surface area contributed by atoms with E-state index in [9.17, 15) is 0 Å². The molecule has 0 aliphatic carbocycles. The lowest BCUT2D eigenvalue weighted by Crippen LogP contribution is -1.94. The summed E-state index contributed by atoms with van der Waals surface area (Å²) in [4.78, 5) is 4.80. The van der Waals surface area contributed by atoms with E-state index in [0.29, 0.717) is 0 Å². The van der Waals surface area contributed by atoms with Gasteiger partial charge in [0.2, 0.25) is 0 Å². The van der Waals surface area contributed by atoms with Crippen LogP contribution in [0.2, 0.25) is 0 Å². The summed E-state index contributed by atoms with van der Waals surface area (Å²) in [7, 11) is 0. The highest BCUT2D eigenvalue weighted by molar-refractivity contribution is 6.09. The van der Waals surface area contributed by atoms with E-state index in [0.717, 1.165) is 78.2 Å². The molecule has 0 saturated carbocycles. The number of ether oxygens (including phenoxy) is 1. The van der Waals surface area contributed by atoms with E-state index in [-0.39, 0.29) is 0 Å². The van der Waals surface area contributed by atoms with Gasteiger partial charge in [-0.1, -0.05) is 109 Å². The van der Waals surface area contributed by atoms with Crippen molar-refractivity contribution in [1.82, 2.24) is 9.55 Å². The van der Waals surface area contributed by atoms with E-state index in [1.54, 1.807) is 0 Å². The van der Waals surface area contributed by atoms with Gasteiger partial charge in [0.25, 0.3) is 0 Å². The minimum atomic E-state index is 0.827. The molecular formula is C43H28N2O. The molecule has 0 unspecified atom stereocenters. The first-order chi connectivity index (χ1) is 22.8. The average Bonchev–Trinajstić information content (AvgIpc) is 3.44. The van der Waals surface area contributed by atoms with Crippen LogP contribution in [0.5, 0.6) is 11.5 Å². The summed E-state index contributed by atoms with van der Waals surface area (Å²) in [5.74, 6) is 1.66. The summed E-state index contributed by atoms with van der Waals surface area (Å²) in [6.07, 6.45) is 6.31. The van der Waals surface area contributed by atoms with Gasteiger partial charge in [-0.3, -0.25) is 4.57 Å². The van der Waals surface area contributed by atoms with Crippen LogP contribution in [-0.4, -0.2) is 9.55 Å². The Morgan fingerprint density at radius 3 is 1.89 bits per heavy atom. The maximum absolute atomic E-state index is 6.75. The minimum Gasteiger partial charge on any atom is -0.456 e. The average molecular weight is 589 g/mol. The van der Waals surface area contributed by atoms with Crippen LogP contribution in [0.1, 0.15) is 11.1 Å². The standard InChI is InChI=1S/C43H28N2O/c1-2-12-33(13-3-1)45-40-25-24-32(28-39(40)37-17-10-26-44-43(37)45)31-23-22-30-21-20-29-11-4-5-14-34(29)35-15-6-8-18-41(35)46-42-19-9-7-16-36(42)38(30)27-31/h1-28H/b21-20-. The molecule has 0 saturated heterocycles. The van der Waals surface area contributed by atoms with Crippen LogP contribution in [0.3, 0.4) is 0 Å². The van der Waals surface area contributed by atoms with Crippen molar-refractivity contribution >= 4 is 34.1 Å². The summed E-state index contributed by atoms with van der Waals surface area (Å²) in [6.45, 7) is 0. The predicted molar refractivity (Wildman–Crippen MR) is 190 cm³/mol. The smallest absolute Gasteiger partial charge is 0.145 e. The van der Waals surface area contributed by atoms with Gasteiger partial charge in [-0.15, -0.1) is 0 Å². The van der Waals surface area contributed by atoms with Crippen LogP contribution < -0.4 is 4.74 Å². The van der Waals surface area contributed by atoms with Crippen LogP contribution in [0.15, 0.2) is 158 Å². The third kappa shape index (κ3) is 4.33. The summed E-state index contributed by atoms with van der Waals surface area (Å²) < 4.78 is 8.99. The maximum atomic E-state index is 6.75. The third-order valence-electron chi connectivity index (χ3n) is 8.90. The minimum absolute atomic E-state index is 0.827. The van der Waals surface area contributed by atoms with Gasteiger partial charge >= 0.3 is 0 Å². The van der Waals surface area contributed by atoms with E-state index in [1.807, 2.05) is 30.5 Å². The van der Waals surface area contributed by atoms with Gasteiger partial charge in [0.05, 0.1) is 5.52 Å². The van der Waals surface area contributed by atoms with Crippen LogP contribution in [0, 0.1) is 0 Å². The van der Waals surface area contributed by atoms with Crippen LogP contribution in [0.25, 0.3) is 73.2 Å². The van der Waals surface area contributed by atoms with Crippen molar-refractivity contribution in [1.29, 1.82) is 0 Å². The fourth-order valence-electron chi connectivity index (χ4n) is 6.72. The van der Waals surface area contributed by atoms with Crippen molar-refractivity contribution < 1.29 is 4.74 Å². The first kappa shape index (κ1) is 26.2. The second-order valence-electron chi connectivity index (χ2n) is 11.6. The molecule has 3 heteroatoms. The Hall–Kier alpha value is -6.19. The molecule has 2 aromatic heterocycles. The number of hydrogen-bond acceptors (Lipinski definition) is 2. The molecule has 0 fully saturated rings. The first-order valence-corrected chi connectivity index (χ1v) is 15.5. The Kier molecular flexibility index (Phi) is 6.14. The monoisotopic (exact) mass is 588 g/mol. The molecule has 0 radical (unpaired) electrons. The number of pyridine rings is 1. The topological polar surface area (TPSA) is 27.1 Å². The second-order valence-corrected chi connectivity index (χ2v) is 11.6. The van der Waals surface area contributed by atoms with Gasteiger partial charge < -0.3 is 4.74 Å². The second kappa shape index (κ2) is 10.8. The Morgan fingerprint density at radius 2 is 1.09 bits per heavy atom. The zero-order chi connectivity index (χ0) is 30.5. The quantitative estimate of drug-likeness (QED) is 0.201. The summed E-state index contributed by atoms with van der Waals surface area (Å²) in [5.41, 5.74) is 12.2. The van der Waals surface area contributed by atoms with E-state index < -0.39 is 0 Å². The third-order valence-corrected chi connectivity index (χ3v) is 8.90. The molecule has 0 atom stereocenters. The largest absolute Gasteiger partial charge is 0.456 e. The van der Waals surface area contributed by atoms with E-state index in [4.69, 9.17) is 9.72 Å². The number of para-hydroxylation sites is 3.